The number of unbranched alkanes of at least 4 members (excludes halogenated alkanes) is 1. The third-order valence-electron chi connectivity index (χ3n) is 1.72. The standard InChI is InChI=1S/C10H14O.C3H8O2/c11-9-5-4-8-10-6-2-1-3-7-10;1-3(2,4)5/h1-3,6-7,11H,4-5,8-9H2;4-5H,1-2H3. The molecule has 1 rings (SSSR count). The first-order valence-electron chi connectivity index (χ1n) is 5.53. The summed E-state index contributed by atoms with van der Waals surface area (Å²) >= 11 is 0. The van der Waals surface area contributed by atoms with Crippen molar-refractivity contribution in [2.24, 2.45) is 0 Å². The largest absolute Gasteiger partial charge is 0.396 e. The predicted octanol–water partition coefficient (Wildman–Crippen LogP) is 1.71. The Bertz CT molecular complexity index is 246. The van der Waals surface area contributed by atoms with Crippen LogP contribution in [0, 0.1) is 0 Å². The van der Waals surface area contributed by atoms with Crippen LogP contribution in [-0.2, 0) is 6.42 Å². The number of aliphatic hydroxyl groups excluding tert-OH is 1. The monoisotopic (exact) mass is 226 g/mol. The second-order valence-electron chi connectivity index (χ2n) is 4.16. The molecule has 0 amide bonds. The smallest absolute Gasteiger partial charge is 0.156 e. The predicted molar refractivity (Wildman–Crippen MR) is 65.0 cm³/mol. The van der Waals surface area contributed by atoms with Crippen molar-refractivity contribution >= 4 is 0 Å². The molecule has 3 N–H and O–H groups in total. The molecule has 92 valence electrons. The van der Waals surface area contributed by atoms with Crippen molar-refractivity contribution in [3.05, 3.63) is 35.9 Å². The van der Waals surface area contributed by atoms with Gasteiger partial charge in [0.15, 0.2) is 5.79 Å². The average molecular weight is 226 g/mol. The number of rotatable bonds is 4. The third-order valence-corrected chi connectivity index (χ3v) is 1.72. The zero-order valence-electron chi connectivity index (χ0n) is 10.1. The van der Waals surface area contributed by atoms with Crippen LogP contribution in [0.4, 0.5) is 0 Å². The van der Waals surface area contributed by atoms with E-state index in [-0.39, 0.29) is 0 Å². The molecule has 0 bridgehead atoms. The number of hydrogen-bond donors (Lipinski definition) is 3. The lowest BCUT2D eigenvalue weighted by molar-refractivity contribution is -0.127. The number of hydrogen-bond acceptors (Lipinski definition) is 3. The van der Waals surface area contributed by atoms with E-state index in [1.54, 1.807) is 0 Å². The maximum atomic E-state index is 8.54. The normalized spacial score (nSPS) is 10.6. The lowest BCUT2D eigenvalue weighted by Crippen LogP contribution is -2.15. The summed E-state index contributed by atoms with van der Waals surface area (Å²) < 4.78 is 0. The van der Waals surface area contributed by atoms with Crippen LogP contribution in [0.25, 0.3) is 0 Å². The van der Waals surface area contributed by atoms with Gasteiger partial charge < -0.3 is 15.3 Å². The van der Waals surface area contributed by atoms with E-state index in [0.29, 0.717) is 6.61 Å². The van der Waals surface area contributed by atoms with E-state index in [9.17, 15) is 0 Å². The second-order valence-corrected chi connectivity index (χ2v) is 4.16. The van der Waals surface area contributed by atoms with Crippen molar-refractivity contribution in [3.8, 4) is 0 Å². The number of benzene rings is 1. The summed E-state index contributed by atoms with van der Waals surface area (Å²) in [5.41, 5.74) is 1.36. The van der Waals surface area contributed by atoms with Crippen molar-refractivity contribution < 1.29 is 15.3 Å². The van der Waals surface area contributed by atoms with E-state index in [1.807, 2.05) is 18.2 Å². The molecule has 0 aliphatic heterocycles. The van der Waals surface area contributed by atoms with Crippen LogP contribution in [0.5, 0.6) is 0 Å². The molecular weight excluding hydrogens is 204 g/mol. The highest BCUT2D eigenvalue weighted by Crippen LogP contribution is 2.03. The highest BCUT2D eigenvalue weighted by atomic mass is 16.5. The molecule has 16 heavy (non-hydrogen) atoms. The summed E-state index contributed by atoms with van der Waals surface area (Å²) in [5.74, 6) is -1.50. The molecule has 0 aliphatic carbocycles. The summed E-state index contributed by atoms with van der Waals surface area (Å²) in [6.45, 7) is 2.91. The van der Waals surface area contributed by atoms with Gasteiger partial charge in [-0.05, 0) is 38.7 Å². The summed E-state index contributed by atoms with van der Waals surface area (Å²) in [5, 5.41) is 24.7. The highest BCUT2D eigenvalue weighted by molar-refractivity contribution is 5.14. The fourth-order valence-electron chi connectivity index (χ4n) is 1.09. The molecule has 0 atom stereocenters. The van der Waals surface area contributed by atoms with Crippen molar-refractivity contribution in [1.29, 1.82) is 0 Å². The van der Waals surface area contributed by atoms with Crippen LogP contribution in [0.1, 0.15) is 32.3 Å². The maximum absolute atomic E-state index is 8.54. The van der Waals surface area contributed by atoms with Gasteiger partial charge in [-0.25, -0.2) is 0 Å². The first-order valence-corrected chi connectivity index (χ1v) is 5.53. The van der Waals surface area contributed by atoms with Crippen LogP contribution in [0.2, 0.25) is 0 Å². The molecule has 0 unspecified atom stereocenters. The molecule has 0 saturated carbocycles. The first-order chi connectivity index (χ1) is 7.43. The quantitative estimate of drug-likeness (QED) is 0.541. The zero-order valence-corrected chi connectivity index (χ0v) is 10.1. The Kier molecular flexibility index (Phi) is 7.81. The lowest BCUT2D eigenvalue weighted by Gasteiger charge is -2.03. The number of aryl methyl sites for hydroxylation is 1. The van der Waals surface area contributed by atoms with E-state index < -0.39 is 5.79 Å². The number of aliphatic hydroxyl groups is 3. The Morgan fingerprint density at radius 3 is 1.94 bits per heavy atom. The summed E-state index contributed by atoms with van der Waals surface area (Å²) in [7, 11) is 0. The fourth-order valence-corrected chi connectivity index (χ4v) is 1.09. The Balaban J connectivity index is 0.000000385. The van der Waals surface area contributed by atoms with E-state index in [2.05, 4.69) is 12.1 Å². The maximum Gasteiger partial charge on any atom is 0.156 e. The molecule has 0 fully saturated rings. The van der Waals surface area contributed by atoms with Crippen LogP contribution in [0.3, 0.4) is 0 Å². The molecule has 0 radical (unpaired) electrons. The second kappa shape index (κ2) is 8.28. The minimum atomic E-state index is -1.50. The molecule has 0 heterocycles. The van der Waals surface area contributed by atoms with E-state index in [0.717, 1.165) is 19.3 Å². The molecule has 0 saturated heterocycles. The average Bonchev–Trinajstić information content (AvgIpc) is 2.17. The van der Waals surface area contributed by atoms with Gasteiger partial charge in [0.05, 0.1) is 0 Å². The van der Waals surface area contributed by atoms with Crippen molar-refractivity contribution in [1.82, 2.24) is 0 Å². The Hall–Kier alpha value is -0.900. The van der Waals surface area contributed by atoms with Gasteiger partial charge in [0.1, 0.15) is 0 Å². The van der Waals surface area contributed by atoms with E-state index in [1.165, 1.54) is 19.4 Å². The van der Waals surface area contributed by atoms with Gasteiger partial charge in [-0.2, -0.15) is 0 Å². The minimum absolute atomic E-state index is 0.312. The summed E-state index contributed by atoms with van der Waals surface area (Å²) in [6.07, 6.45) is 3.08. The van der Waals surface area contributed by atoms with Gasteiger partial charge in [-0.15, -0.1) is 0 Å². The fraction of sp³-hybridized carbons (Fsp3) is 0.538. The Morgan fingerprint density at radius 1 is 1.00 bits per heavy atom. The molecule has 0 aliphatic rings. The molecule has 0 spiro atoms. The SMILES string of the molecule is CC(C)(O)O.OCCCCc1ccccc1. The lowest BCUT2D eigenvalue weighted by atomic mass is 10.1. The molecule has 0 aromatic heterocycles. The van der Waals surface area contributed by atoms with Gasteiger partial charge in [0.25, 0.3) is 0 Å². The highest BCUT2D eigenvalue weighted by Gasteiger charge is 2.00. The molecule has 1 aromatic carbocycles. The van der Waals surface area contributed by atoms with Crippen LogP contribution in [0.15, 0.2) is 30.3 Å². The first kappa shape index (κ1) is 15.1. The van der Waals surface area contributed by atoms with Gasteiger partial charge in [-0.3, -0.25) is 0 Å². The topological polar surface area (TPSA) is 60.7 Å². The summed E-state index contributed by atoms with van der Waals surface area (Å²) in [4.78, 5) is 0. The summed E-state index contributed by atoms with van der Waals surface area (Å²) in [6, 6.07) is 10.4. The van der Waals surface area contributed by atoms with Gasteiger partial charge in [-0.1, -0.05) is 30.3 Å². The van der Waals surface area contributed by atoms with E-state index in [4.69, 9.17) is 15.3 Å². The van der Waals surface area contributed by atoms with Crippen molar-refractivity contribution in [2.75, 3.05) is 6.61 Å². The molecule has 3 heteroatoms. The molecule has 1 aromatic rings. The van der Waals surface area contributed by atoms with Gasteiger partial charge >= 0.3 is 0 Å². The zero-order chi connectivity index (χ0) is 12.4. The third kappa shape index (κ3) is 13.1. The van der Waals surface area contributed by atoms with Crippen LogP contribution >= 0.6 is 0 Å². The van der Waals surface area contributed by atoms with E-state index >= 15 is 0 Å². The molecular formula is C13H22O3. The Morgan fingerprint density at radius 2 is 1.50 bits per heavy atom. The van der Waals surface area contributed by atoms with Gasteiger partial charge in [0, 0.05) is 6.61 Å². The molecule has 3 nitrogen and oxygen atoms in total. The van der Waals surface area contributed by atoms with Crippen LogP contribution < -0.4 is 0 Å². The minimum Gasteiger partial charge on any atom is -0.396 e. The van der Waals surface area contributed by atoms with Gasteiger partial charge in [0.2, 0.25) is 0 Å². The Labute approximate surface area is 97.4 Å². The van der Waals surface area contributed by atoms with Crippen molar-refractivity contribution in [3.63, 3.8) is 0 Å². The van der Waals surface area contributed by atoms with Crippen molar-refractivity contribution in [2.45, 2.75) is 38.9 Å². The van der Waals surface area contributed by atoms with Crippen LogP contribution in [-0.4, -0.2) is 27.7 Å².